The lowest BCUT2D eigenvalue weighted by atomic mass is 9.96. The van der Waals surface area contributed by atoms with E-state index in [0.29, 0.717) is 24.0 Å². The first-order chi connectivity index (χ1) is 17.6. The second kappa shape index (κ2) is 10.7. The number of ether oxygens (including phenoxy) is 4. The van der Waals surface area contributed by atoms with Crippen LogP contribution in [0, 0.1) is 0 Å². The van der Waals surface area contributed by atoms with Gasteiger partial charge in [-0.2, -0.15) is 5.10 Å². The highest BCUT2D eigenvalue weighted by Gasteiger charge is 2.41. The van der Waals surface area contributed by atoms with Gasteiger partial charge in [0.05, 0.1) is 32.1 Å². The minimum atomic E-state index is -0.414. The van der Waals surface area contributed by atoms with Gasteiger partial charge < -0.3 is 18.9 Å². The molecule has 0 N–H and O–H groups in total. The number of rotatable bonds is 9. The second-order valence-corrected chi connectivity index (χ2v) is 9.31. The van der Waals surface area contributed by atoms with Crippen LogP contribution >= 0.6 is 11.6 Å². The van der Waals surface area contributed by atoms with Crippen LogP contribution in [0.15, 0.2) is 65.8 Å². The van der Waals surface area contributed by atoms with Crippen LogP contribution in [0.5, 0.6) is 23.0 Å². The molecule has 188 valence electrons. The fourth-order valence-electron chi connectivity index (χ4n) is 4.65. The van der Waals surface area contributed by atoms with Gasteiger partial charge in [0.1, 0.15) is 11.5 Å². The van der Waals surface area contributed by atoms with Crippen molar-refractivity contribution in [1.29, 1.82) is 0 Å². The van der Waals surface area contributed by atoms with E-state index in [-0.39, 0.29) is 6.04 Å². The molecule has 5 rings (SSSR count). The first-order valence-electron chi connectivity index (χ1n) is 12.5. The Bertz CT molecular complexity index is 1240. The van der Waals surface area contributed by atoms with E-state index >= 15 is 0 Å². The van der Waals surface area contributed by atoms with E-state index < -0.39 is 6.23 Å². The maximum absolute atomic E-state index is 6.50. The largest absolute Gasteiger partial charge is 0.494 e. The van der Waals surface area contributed by atoms with Crippen molar-refractivity contribution in [3.63, 3.8) is 0 Å². The molecule has 0 amide bonds. The molecule has 7 heteroatoms. The zero-order valence-corrected chi connectivity index (χ0v) is 21.6. The van der Waals surface area contributed by atoms with Crippen molar-refractivity contribution in [2.45, 2.75) is 45.4 Å². The number of halogens is 1. The zero-order chi connectivity index (χ0) is 25.1. The van der Waals surface area contributed by atoms with Gasteiger partial charge in [-0.3, -0.25) is 0 Å². The van der Waals surface area contributed by atoms with Crippen molar-refractivity contribution in [2.24, 2.45) is 5.10 Å². The lowest BCUT2D eigenvalue weighted by Gasteiger charge is -2.38. The van der Waals surface area contributed by atoms with Gasteiger partial charge >= 0.3 is 0 Å². The van der Waals surface area contributed by atoms with Crippen LogP contribution in [0.1, 0.15) is 62.1 Å². The smallest absolute Gasteiger partial charge is 0.214 e. The number of hydrazone groups is 1. The standard InChI is InChI=1S/C29H31ClN2O4/c1-4-6-15-35-27-13-9-20(16-28(27)33-3)29-32-25(23-17-21(30)10-14-26(23)36-29)18-24(31-32)19-7-11-22(12-8-19)34-5-2/h7-14,16-17,25,29H,4-6,15,18H2,1-3H3/t25-,29-/m0/s1. The fraction of sp³-hybridized carbons (Fsp3) is 0.345. The van der Waals surface area contributed by atoms with Crippen LogP contribution in [0.2, 0.25) is 5.02 Å². The van der Waals surface area contributed by atoms with E-state index in [1.165, 1.54) is 0 Å². The second-order valence-electron chi connectivity index (χ2n) is 8.87. The highest BCUT2D eigenvalue weighted by Crippen LogP contribution is 2.49. The molecule has 0 saturated carbocycles. The molecule has 36 heavy (non-hydrogen) atoms. The molecule has 3 aromatic carbocycles. The van der Waals surface area contributed by atoms with Crippen molar-refractivity contribution in [2.75, 3.05) is 20.3 Å². The highest BCUT2D eigenvalue weighted by molar-refractivity contribution is 6.30. The van der Waals surface area contributed by atoms with E-state index in [1.54, 1.807) is 7.11 Å². The molecule has 0 saturated heterocycles. The molecular formula is C29H31ClN2O4. The Hall–Kier alpha value is -3.38. The van der Waals surface area contributed by atoms with Gasteiger partial charge in [-0.1, -0.05) is 24.9 Å². The van der Waals surface area contributed by atoms with Gasteiger partial charge in [-0.25, -0.2) is 5.01 Å². The summed E-state index contributed by atoms with van der Waals surface area (Å²) in [6.07, 6.45) is 2.40. The number of methoxy groups -OCH3 is 1. The van der Waals surface area contributed by atoms with Gasteiger partial charge in [0.25, 0.3) is 0 Å². The quantitative estimate of drug-likeness (QED) is 0.288. The zero-order valence-electron chi connectivity index (χ0n) is 20.9. The number of hydrogen-bond acceptors (Lipinski definition) is 6. The molecule has 0 aromatic heterocycles. The van der Waals surface area contributed by atoms with Crippen LogP contribution in [0.25, 0.3) is 0 Å². The predicted molar refractivity (Wildman–Crippen MR) is 142 cm³/mol. The van der Waals surface area contributed by atoms with E-state index in [0.717, 1.165) is 58.9 Å². The van der Waals surface area contributed by atoms with Crippen molar-refractivity contribution >= 4 is 17.3 Å². The van der Waals surface area contributed by atoms with Crippen LogP contribution in [0.3, 0.4) is 0 Å². The Labute approximate surface area is 217 Å². The van der Waals surface area contributed by atoms with Crippen molar-refractivity contribution in [1.82, 2.24) is 5.01 Å². The summed E-state index contributed by atoms with van der Waals surface area (Å²) < 4.78 is 23.7. The van der Waals surface area contributed by atoms with Crippen molar-refractivity contribution < 1.29 is 18.9 Å². The molecule has 0 radical (unpaired) electrons. The molecule has 0 spiro atoms. The summed E-state index contributed by atoms with van der Waals surface area (Å²) in [6.45, 7) is 5.42. The van der Waals surface area contributed by atoms with E-state index in [4.69, 9.17) is 35.6 Å². The molecule has 6 nitrogen and oxygen atoms in total. The molecule has 0 aliphatic carbocycles. The van der Waals surface area contributed by atoms with Crippen LogP contribution in [-0.4, -0.2) is 31.0 Å². The molecule has 2 aliphatic heterocycles. The van der Waals surface area contributed by atoms with Gasteiger partial charge in [0, 0.05) is 22.6 Å². The average molecular weight is 507 g/mol. The van der Waals surface area contributed by atoms with Crippen molar-refractivity contribution in [3.8, 4) is 23.0 Å². The molecule has 2 atom stereocenters. The third-order valence-corrected chi connectivity index (χ3v) is 6.71. The lowest BCUT2D eigenvalue weighted by molar-refractivity contribution is -0.0191. The molecule has 0 fully saturated rings. The van der Waals surface area contributed by atoms with Gasteiger partial charge in [0.15, 0.2) is 11.5 Å². The number of fused-ring (bicyclic) bond motifs is 3. The SMILES string of the molecule is CCCCOc1ccc([C@@H]2Oc3ccc(Cl)cc3[C@@H]3CC(c4ccc(OCC)cc4)=NN32)cc1OC. The monoisotopic (exact) mass is 506 g/mol. The van der Waals surface area contributed by atoms with Gasteiger partial charge in [-0.15, -0.1) is 0 Å². The summed E-state index contributed by atoms with van der Waals surface area (Å²) >= 11 is 6.37. The Morgan fingerprint density at radius 1 is 1.00 bits per heavy atom. The normalized spacial score (nSPS) is 18.1. The summed E-state index contributed by atoms with van der Waals surface area (Å²) in [5, 5.41) is 7.77. The third-order valence-electron chi connectivity index (χ3n) is 6.48. The molecular weight excluding hydrogens is 476 g/mol. The first-order valence-corrected chi connectivity index (χ1v) is 12.8. The summed E-state index contributed by atoms with van der Waals surface area (Å²) in [5.41, 5.74) is 4.04. The van der Waals surface area contributed by atoms with Gasteiger partial charge in [-0.05, 0) is 79.6 Å². The maximum atomic E-state index is 6.50. The molecule has 0 bridgehead atoms. The van der Waals surface area contributed by atoms with Crippen LogP contribution in [0.4, 0.5) is 0 Å². The van der Waals surface area contributed by atoms with Crippen LogP contribution in [-0.2, 0) is 0 Å². The molecule has 2 aliphatic rings. The minimum Gasteiger partial charge on any atom is -0.494 e. The summed E-state index contributed by atoms with van der Waals surface area (Å²) in [6, 6.07) is 19.8. The highest BCUT2D eigenvalue weighted by atomic mass is 35.5. The Morgan fingerprint density at radius 2 is 1.83 bits per heavy atom. The molecule has 0 unspecified atom stereocenters. The molecule has 3 aromatic rings. The topological polar surface area (TPSA) is 52.5 Å². The Morgan fingerprint density at radius 3 is 2.58 bits per heavy atom. The lowest BCUT2D eigenvalue weighted by Crippen LogP contribution is -2.33. The summed E-state index contributed by atoms with van der Waals surface area (Å²) in [7, 11) is 1.66. The Balaban J connectivity index is 1.50. The van der Waals surface area contributed by atoms with E-state index in [1.807, 2.05) is 60.5 Å². The first kappa shape index (κ1) is 24.3. The van der Waals surface area contributed by atoms with Crippen molar-refractivity contribution in [3.05, 3.63) is 82.4 Å². The minimum absolute atomic E-state index is 0.00509. The summed E-state index contributed by atoms with van der Waals surface area (Å²) in [5.74, 6) is 3.08. The van der Waals surface area contributed by atoms with Gasteiger partial charge in [0.2, 0.25) is 6.23 Å². The fourth-order valence-corrected chi connectivity index (χ4v) is 4.83. The average Bonchev–Trinajstić information content (AvgIpc) is 3.35. The Kier molecular flexibility index (Phi) is 7.23. The third kappa shape index (κ3) is 4.82. The predicted octanol–water partition coefficient (Wildman–Crippen LogP) is 7.17. The molecule has 2 heterocycles. The number of nitrogens with zero attached hydrogens (tertiary/aromatic N) is 2. The number of benzene rings is 3. The number of hydrogen-bond donors (Lipinski definition) is 0. The van der Waals surface area contributed by atoms with E-state index in [9.17, 15) is 0 Å². The maximum Gasteiger partial charge on any atom is 0.214 e. The van der Waals surface area contributed by atoms with E-state index in [2.05, 4.69) is 19.1 Å². The summed E-state index contributed by atoms with van der Waals surface area (Å²) in [4.78, 5) is 0. The van der Waals surface area contributed by atoms with Crippen LogP contribution < -0.4 is 18.9 Å². The number of unbranched alkanes of at least 4 members (excludes halogenated alkanes) is 1.